The Morgan fingerprint density at radius 2 is 2.24 bits per heavy atom. The average molecular weight is 396 g/mol. The molecule has 1 amide bonds. The lowest BCUT2D eigenvalue weighted by atomic mass is 10.0. The van der Waals surface area contributed by atoms with Crippen LogP contribution in [0.3, 0.4) is 0 Å². The number of benzene rings is 1. The van der Waals surface area contributed by atoms with E-state index in [-0.39, 0.29) is 24.1 Å². The minimum atomic E-state index is -4.73. The van der Waals surface area contributed by atoms with Gasteiger partial charge in [-0.1, -0.05) is 11.3 Å². The fourth-order valence-corrected chi connectivity index (χ4v) is 3.54. The van der Waals surface area contributed by atoms with Gasteiger partial charge in [0.1, 0.15) is 5.75 Å². The number of hydrogen-bond acceptors (Lipinski definition) is 5. The number of carbonyl (C=O) groups is 1. The molecular formula is C15H17ClF3N3O2S. The maximum Gasteiger partial charge on any atom is 0.573 e. The minimum Gasteiger partial charge on any atom is -0.406 e. The van der Waals surface area contributed by atoms with Crippen molar-refractivity contribution in [2.45, 2.75) is 25.6 Å². The van der Waals surface area contributed by atoms with Gasteiger partial charge in [-0.3, -0.25) is 4.79 Å². The number of rotatable bonds is 5. The van der Waals surface area contributed by atoms with Gasteiger partial charge in [-0.2, -0.15) is 0 Å². The van der Waals surface area contributed by atoms with E-state index in [2.05, 4.69) is 20.4 Å². The maximum atomic E-state index is 12.2. The van der Waals surface area contributed by atoms with E-state index >= 15 is 0 Å². The number of amides is 1. The van der Waals surface area contributed by atoms with E-state index in [0.29, 0.717) is 27.7 Å². The molecule has 0 spiro atoms. The van der Waals surface area contributed by atoms with Crippen molar-refractivity contribution < 1.29 is 22.7 Å². The molecule has 5 nitrogen and oxygen atoms in total. The summed E-state index contributed by atoms with van der Waals surface area (Å²) in [5.41, 5.74) is 0.518. The second kappa shape index (κ2) is 8.20. The van der Waals surface area contributed by atoms with Crippen molar-refractivity contribution in [1.29, 1.82) is 0 Å². The molecule has 0 bridgehead atoms. The number of anilines is 1. The molecule has 138 valence electrons. The van der Waals surface area contributed by atoms with Crippen LogP contribution >= 0.6 is 23.7 Å². The van der Waals surface area contributed by atoms with Crippen LogP contribution in [0.4, 0.5) is 18.3 Å². The standard InChI is InChI=1S/C15H16F3N3O2S.ClH/c16-15(17,18)23-10-2-3-11-12(7-10)24-14(20-11)21-13(22)4-1-9-5-6-19-8-9;/h2-3,7,9,19H,1,4-6,8H2,(H,20,21,22);1H. The lowest BCUT2D eigenvalue weighted by Crippen LogP contribution is -2.16. The molecule has 2 aromatic rings. The number of hydrogen-bond donors (Lipinski definition) is 2. The summed E-state index contributed by atoms with van der Waals surface area (Å²) in [5, 5.41) is 6.34. The van der Waals surface area contributed by atoms with Gasteiger partial charge in [0.25, 0.3) is 0 Å². The van der Waals surface area contributed by atoms with E-state index in [0.717, 1.165) is 37.3 Å². The van der Waals surface area contributed by atoms with Gasteiger partial charge in [-0.25, -0.2) is 4.98 Å². The van der Waals surface area contributed by atoms with Gasteiger partial charge in [0.05, 0.1) is 10.2 Å². The highest BCUT2D eigenvalue weighted by Crippen LogP contribution is 2.31. The van der Waals surface area contributed by atoms with Gasteiger partial charge in [0.2, 0.25) is 5.91 Å². The third kappa shape index (κ3) is 5.72. The quantitative estimate of drug-likeness (QED) is 0.804. The Kier molecular flexibility index (Phi) is 6.47. The number of carbonyl (C=O) groups excluding carboxylic acids is 1. The van der Waals surface area contributed by atoms with Gasteiger partial charge >= 0.3 is 6.36 Å². The predicted octanol–water partition coefficient (Wildman–Crippen LogP) is 3.94. The van der Waals surface area contributed by atoms with Gasteiger partial charge in [-0.05, 0) is 44.0 Å². The second-order valence-corrected chi connectivity index (χ2v) is 6.67. The number of nitrogens with one attached hydrogen (secondary N) is 2. The summed E-state index contributed by atoms with van der Waals surface area (Å²) in [6.45, 7) is 1.93. The number of fused-ring (bicyclic) bond motifs is 1. The van der Waals surface area contributed by atoms with E-state index in [4.69, 9.17) is 0 Å². The van der Waals surface area contributed by atoms with Gasteiger partial charge in [0, 0.05) is 12.5 Å². The Bertz CT molecular complexity index is 732. The predicted molar refractivity (Wildman–Crippen MR) is 92.4 cm³/mol. The van der Waals surface area contributed by atoms with Crippen molar-refractivity contribution in [1.82, 2.24) is 10.3 Å². The third-order valence-electron chi connectivity index (χ3n) is 3.78. The van der Waals surface area contributed by atoms with Crippen molar-refractivity contribution in [2.24, 2.45) is 5.92 Å². The number of thiazole rings is 1. The zero-order valence-electron chi connectivity index (χ0n) is 13.1. The van der Waals surface area contributed by atoms with Crippen molar-refractivity contribution in [2.75, 3.05) is 18.4 Å². The highest BCUT2D eigenvalue weighted by molar-refractivity contribution is 7.22. The molecule has 1 aromatic heterocycles. The first-order valence-electron chi connectivity index (χ1n) is 7.56. The van der Waals surface area contributed by atoms with Crippen molar-refractivity contribution in [3.05, 3.63) is 18.2 Å². The summed E-state index contributed by atoms with van der Waals surface area (Å²) < 4.78 is 41.1. The summed E-state index contributed by atoms with van der Waals surface area (Å²) in [6.07, 6.45) is -2.43. The maximum absolute atomic E-state index is 12.2. The highest BCUT2D eigenvalue weighted by atomic mass is 35.5. The molecule has 1 saturated heterocycles. The Labute approximate surface area is 152 Å². The van der Waals surface area contributed by atoms with Crippen LogP contribution < -0.4 is 15.4 Å². The molecule has 1 unspecified atom stereocenters. The molecule has 1 aliphatic heterocycles. The van der Waals surface area contributed by atoms with Crippen LogP contribution in [0.25, 0.3) is 10.2 Å². The molecule has 0 saturated carbocycles. The lowest BCUT2D eigenvalue weighted by molar-refractivity contribution is -0.274. The SMILES string of the molecule is Cl.O=C(CCC1CCNC1)Nc1nc2ccc(OC(F)(F)F)cc2s1. The van der Waals surface area contributed by atoms with Crippen LogP contribution in [0.2, 0.25) is 0 Å². The Hall–Kier alpha value is -1.58. The normalized spacial score (nSPS) is 17.3. The summed E-state index contributed by atoms with van der Waals surface area (Å²) in [7, 11) is 0. The van der Waals surface area contributed by atoms with Crippen molar-refractivity contribution >= 4 is 45.0 Å². The van der Waals surface area contributed by atoms with Gasteiger partial charge in [0.15, 0.2) is 5.13 Å². The first-order chi connectivity index (χ1) is 11.4. The lowest BCUT2D eigenvalue weighted by Gasteiger charge is -2.07. The number of ether oxygens (including phenoxy) is 1. The molecular weight excluding hydrogens is 379 g/mol. The minimum absolute atomic E-state index is 0. The molecule has 1 atom stereocenters. The van der Waals surface area contributed by atoms with Gasteiger partial charge < -0.3 is 15.4 Å². The zero-order valence-corrected chi connectivity index (χ0v) is 14.7. The fourth-order valence-electron chi connectivity index (χ4n) is 2.63. The molecule has 3 rings (SSSR count). The molecule has 0 radical (unpaired) electrons. The largest absolute Gasteiger partial charge is 0.573 e. The number of aromatic nitrogens is 1. The van der Waals surface area contributed by atoms with Crippen LogP contribution in [0.15, 0.2) is 18.2 Å². The smallest absolute Gasteiger partial charge is 0.406 e. The molecule has 2 heterocycles. The van der Waals surface area contributed by atoms with E-state index < -0.39 is 6.36 Å². The highest BCUT2D eigenvalue weighted by Gasteiger charge is 2.31. The number of halogens is 4. The molecule has 25 heavy (non-hydrogen) atoms. The van der Waals surface area contributed by atoms with E-state index in [1.54, 1.807) is 0 Å². The van der Waals surface area contributed by atoms with Crippen LogP contribution in [0, 0.1) is 5.92 Å². The summed E-state index contributed by atoms with van der Waals surface area (Å²) in [6, 6.07) is 3.90. The summed E-state index contributed by atoms with van der Waals surface area (Å²) in [4.78, 5) is 16.2. The molecule has 1 aliphatic rings. The monoisotopic (exact) mass is 395 g/mol. The van der Waals surface area contributed by atoms with Crippen LogP contribution in [0.1, 0.15) is 19.3 Å². The Morgan fingerprint density at radius 1 is 1.44 bits per heavy atom. The molecule has 10 heteroatoms. The second-order valence-electron chi connectivity index (χ2n) is 5.64. The van der Waals surface area contributed by atoms with Crippen LogP contribution in [-0.4, -0.2) is 30.3 Å². The topological polar surface area (TPSA) is 63.2 Å². The summed E-state index contributed by atoms with van der Waals surface area (Å²) in [5.74, 6) is 0.0890. The van der Waals surface area contributed by atoms with E-state index in [9.17, 15) is 18.0 Å². The summed E-state index contributed by atoms with van der Waals surface area (Å²) >= 11 is 1.12. The van der Waals surface area contributed by atoms with Crippen LogP contribution in [-0.2, 0) is 4.79 Å². The Balaban J connectivity index is 0.00000225. The Morgan fingerprint density at radius 3 is 2.92 bits per heavy atom. The average Bonchev–Trinajstić information content (AvgIpc) is 3.11. The van der Waals surface area contributed by atoms with Crippen LogP contribution in [0.5, 0.6) is 5.75 Å². The van der Waals surface area contributed by atoms with Gasteiger partial charge in [-0.15, -0.1) is 25.6 Å². The first kappa shape index (κ1) is 19.7. The molecule has 1 aromatic carbocycles. The van der Waals surface area contributed by atoms with Crippen molar-refractivity contribution in [3.8, 4) is 5.75 Å². The first-order valence-corrected chi connectivity index (χ1v) is 8.37. The molecule has 1 fully saturated rings. The van der Waals surface area contributed by atoms with Crippen molar-refractivity contribution in [3.63, 3.8) is 0 Å². The third-order valence-corrected chi connectivity index (χ3v) is 4.72. The zero-order chi connectivity index (χ0) is 17.2. The number of alkyl halides is 3. The molecule has 2 N–H and O–H groups in total. The van der Waals surface area contributed by atoms with E-state index in [1.165, 1.54) is 18.2 Å². The number of nitrogens with zero attached hydrogens (tertiary/aromatic N) is 1. The molecule has 0 aliphatic carbocycles. The fraction of sp³-hybridized carbons (Fsp3) is 0.467. The van der Waals surface area contributed by atoms with E-state index in [1.807, 2.05) is 0 Å².